The average molecular weight is 588 g/mol. The van der Waals surface area contributed by atoms with E-state index in [1.54, 1.807) is 11.8 Å². The van der Waals surface area contributed by atoms with E-state index < -0.39 is 5.82 Å². The van der Waals surface area contributed by atoms with Crippen molar-refractivity contribution >= 4 is 18.2 Å². The minimum Gasteiger partial charge on any atom is -0.483 e. The summed E-state index contributed by atoms with van der Waals surface area (Å²) in [6, 6.07) is 4.50. The first-order valence-electron chi connectivity index (χ1n) is 14.8. The Morgan fingerprint density at radius 2 is 1.93 bits per heavy atom. The number of nitrogens with two attached hydrogens (primary N) is 1. The largest absolute Gasteiger partial charge is 0.483 e. The van der Waals surface area contributed by atoms with Gasteiger partial charge in [0.15, 0.2) is 11.6 Å². The first-order valence-corrected chi connectivity index (χ1v) is 14.8. The topological polar surface area (TPSA) is 138 Å². The summed E-state index contributed by atoms with van der Waals surface area (Å²) in [6.45, 7) is 16.9. The molecule has 1 aromatic carbocycles. The van der Waals surface area contributed by atoms with Gasteiger partial charge in [0.2, 0.25) is 0 Å². The van der Waals surface area contributed by atoms with Crippen LogP contribution in [0.1, 0.15) is 70.1 Å². The predicted molar refractivity (Wildman–Crippen MR) is 159 cm³/mol. The number of nitrogens with zero attached hydrogens (tertiary/aromatic N) is 6. The van der Waals surface area contributed by atoms with Gasteiger partial charge in [-0.3, -0.25) is 14.5 Å². The monoisotopic (exact) mass is 587 g/mol. The van der Waals surface area contributed by atoms with Crippen LogP contribution in [-0.2, 0) is 4.79 Å². The number of carbonyl (C=O) groups excluding carboxylic acids is 1. The lowest BCUT2D eigenvalue weighted by Gasteiger charge is -2.53. The molecule has 3 N–H and O–H groups in total. The number of ether oxygens (including phenoxy) is 1. The molecule has 11 nitrogen and oxygen atoms in total. The molecule has 42 heavy (non-hydrogen) atoms. The molecule has 3 heterocycles. The summed E-state index contributed by atoms with van der Waals surface area (Å²) < 4.78 is 20.4. The molecule has 232 valence electrons. The van der Waals surface area contributed by atoms with Gasteiger partial charge in [-0.2, -0.15) is 0 Å². The third-order valence-electron chi connectivity index (χ3n) is 8.11. The minimum absolute atomic E-state index is 0.0385. The Morgan fingerprint density at radius 3 is 2.52 bits per heavy atom. The van der Waals surface area contributed by atoms with Crippen molar-refractivity contribution in [1.82, 2.24) is 25.0 Å². The molecule has 2 saturated heterocycles. The zero-order valence-corrected chi connectivity index (χ0v) is 25.7. The molecular formula is C30H46FN7O4. The molecule has 0 unspecified atom stereocenters. The van der Waals surface area contributed by atoms with E-state index in [0.29, 0.717) is 30.1 Å². The highest BCUT2D eigenvalue weighted by atomic mass is 19.1. The van der Waals surface area contributed by atoms with Gasteiger partial charge in [-0.25, -0.2) is 9.37 Å². The lowest BCUT2D eigenvalue weighted by atomic mass is 9.76. The summed E-state index contributed by atoms with van der Waals surface area (Å²) in [5.74, 6) is 1.42. The number of likely N-dealkylation sites (tertiary alicyclic amines) is 1. The molecule has 0 aliphatic carbocycles. The van der Waals surface area contributed by atoms with Crippen molar-refractivity contribution in [3.8, 4) is 11.6 Å². The second kappa shape index (κ2) is 14.7. The normalized spacial score (nSPS) is 16.7. The number of hydrogen-bond donors (Lipinski definition) is 2. The van der Waals surface area contributed by atoms with Crippen LogP contribution < -0.4 is 15.4 Å². The van der Waals surface area contributed by atoms with Crippen LogP contribution in [0.15, 0.2) is 18.2 Å². The Hall–Kier alpha value is -3.38. The van der Waals surface area contributed by atoms with Crippen molar-refractivity contribution in [2.75, 3.05) is 44.2 Å². The molecule has 2 aromatic rings. The summed E-state index contributed by atoms with van der Waals surface area (Å²) in [7, 11) is 0. The lowest BCUT2D eigenvalue weighted by Crippen LogP contribution is -2.62. The smallest absolute Gasteiger partial charge is 0.290 e. The second-order valence-corrected chi connectivity index (χ2v) is 11.8. The Balaban J connectivity index is 0.00000155. The van der Waals surface area contributed by atoms with Gasteiger partial charge in [0.1, 0.15) is 11.6 Å². The van der Waals surface area contributed by atoms with Crippen LogP contribution in [0.3, 0.4) is 0 Å². The van der Waals surface area contributed by atoms with Gasteiger partial charge in [0, 0.05) is 50.2 Å². The standard InChI is InChI=1S/C29H44FN7O2.CH2O2/c1-7-37(20(4)5)28(38)23-15-22(30)10-11-25(23)39-27-26(32-21(6)33-34-27)35-14-12-29(16-35)17-36(18-29)24(19(2)3)9-8-13-31;2-1-3/h10-11,15,19-20,24H,7-9,12-14,16-18,31H2,1-6H3;1H,(H,2,3)/t24-;/m1./s1. The van der Waals surface area contributed by atoms with Crippen molar-refractivity contribution in [1.29, 1.82) is 0 Å². The molecule has 1 spiro atoms. The van der Waals surface area contributed by atoms with Gasteiger partial charge < -0.3 is 25.4 Å². The number of carboxylic acid groups (broad SMARTS) is 1. The highest BCUT2D eigenvalue weighted by molar-refractivity contribution is 5.97. The number of benzene rings is 1. The van der Waals surface area contributed by atoms with Crippen LogP contribution in [0.25, 0.3) is 0 Å². The van der Waals surface area contributed by atoms with Crippen molar-refractivity contribution in [3.63, 3.8) is 0 Å². The first-order chi connectivity index (χ1) is 20.0. The molecule has 2 aliphatic rings. The number of carbonyl (C=O) groups is 2. The highest BCUT2D eigenvalue weighted by Gasteiger charge is 2.50. The summed E-state index contributed by atoms with van der Waals surface area (Å²) >= 11 is 0. The number of aromatic nitrogens is 3. The van der Waals surface area contributed by atoms with E-state index in [1.165, 1.54) is 18.2 Å². The van der Waals surface area contributed by atoms with Crippen molar-refractivity contribution in [2.45, 2.75) is 72.9 Å². The molecular weight excluding hydrogens is 541 g/mol. The van der Waals surface area contributed by atoms with Gasteiger partial charge in [-0.15, -0.1) is 10.2 Å². The van der Waals surface area contributed by atoms with E-state index in [4.69, 9.17) is 25.4 Å². The Kier molecular flexibility index (Phi) is 11.6. The van der Waals surface area contributed by atoms with Crippen molar-refractivity contribution in [3.05, 3.63) is 35.4 Å². The zero-order chi connectivity index (χ0) is 31.0. The lowest BCUT2D eigenvalue weighted by molar-refractivity contribution is -0.122. The molecule has 1 amide bonds. The van der Waals surface area contributed by atoms with E-state index >= 15 is 0 Å². The van der Waals surface area contributed by atoms with Crippen LogP contribution in [0.5, 0.6) is 11.6 Å². The van der Waals surface area contributed by atoms with Gasteiger partial charge in [-0.1, -0.05) is 13.8 Å². The van der Waals surface area contributed by atoms with Crippen LogP contribution in [0, 0.1) is 24.1 Å². The molecule has 0 bridgehead atoms. The van der Waals surface area contributed by atoms with E-state index in [0.717, 1.165) is 52.0 Å². The summed E-state index contributed by atoms with van der Waals surface area (Å²) in [4.78, 5) is 32.9. The van der Waals surface area contributed by atoms with Gasteiger partial charge in [-0.05, 0) is 77.6 Å². The number of aryl methyl sites for hydroxylation is 1. The maximum Gasteiger partial charge on any atom is 0.290 e. The van der Waals surface area contributed by atoms with Crippen LogP contribution >= 0.6 is 0 Å². The summed E-state index contributed by atoms with van der Waals surface area (Å²) in [5, 5.41) is 15.3. The number of amides is 1. The van der Waals surface area contributed by atoms with E-state index in [1.807, 2.05) is 20.8 Å². The van der Waals surface area contributed by atoms with Crippen LogP contribution in [0.2, 0.25) is 0 Å². The molecule has 2 fully saturated rings. The third-order valence-corrected chi connectivity index (χ3v) is 8.11. The van der Waals surface area contributed by atoms with Crippen molar-refractivity contribution < 1.29 is 23.8 Å². The molecule has 0 radical (unpaired) electrons. The summed E-state index contributed by atoms with van der Waals surface area (Å²) in [6.07, 6.45) is 3.24. The van der Waals surface area contributed by atoms with Crippen LogP contribution in [-0.4, -0.2) is 93.8 Å². The molecule has 4 rings (SSSR count). The molecule has 1 atom stereocenters. The molecule has 1 aromatic heterocycles. The molecule has 2 aliphatic heterocycles. The third kappa shape index (κ3) is 7.71. The van der Waals surface area contributed by atoms with Crippen molar-refractivity contribution in [2.24, 2.45) is 17.1 Å². The minimum atomic E-state index is -0.499. The Bertz CT molecular complexity index is 1210. The van der Waals surface area contributed by atoms with Gasteiger partial charge in [0.25, 0.3) is 18.3 Å². The fourth-order valence-corrected chi connectivity index (χ4v) is 6.11. The fourth-order valence-electron chi connectivity index (χ4n) is 6.11. The summed E-state index contributed by atoms with van der Waals surface area (Å²) in [5.41, 5.74) is 6.16. The number of hydrogen-bond acceptors (Lipinski definition) is 9. The fraction of sp³-hybridized carbons (Fsp3) is 0.633. The van der Waals surface area contributed by atoms with Gasteiger partial charge in [0.05, 0.1) is 5.56 Å². The quantitative estimate of drug-likeness (QED) is 0.372. The zero-order valence-electron chi connectivity index (χ0n) is 25.7. The van der Waals surface area contributed by atoms with Crippen LogP contribution in [0.4, 0.5) is 10.2 Å². The van der Waals surface area contributed by atoms with E-state index in [9.17, 15) is 9.18 Å². The predicted octanol–water partition coefficient (Wildman–Crippen LogP) is 3.96. The molecule has 0 saturated carbocycles. The maximum atomic E-state index is 14.2. The number of rotatable bonds is 11. The second-order valence-electron chi connectivity index (χ2n) is 11.8. The number of anilines is 1. The number of halogens is 1. The SMILES string of the molecule is CCN(C(=O)c1cc(F)ccc1Oc1nnc(C)nc1N1CCC2(C1)CN([C@H](CCCN)C(C)C)C2)C(C)C.O=CO. The Morgan fingerprint density at radius 1 is 1.24 bits per heavy atom. The van der Waals surface area contributed by atoms with E-state index in [2.05, 4.69) is 33.8 Å². The highest BCUT2D eigenvalue weighted by Crippen LogP contribution is 2.44. The Labute approximate surface area is 248 Å². The first kappa shape index (κ1) is 33.1. The van der Waals surface area contributed by atoms with Gasteiger partial charge >= 0.3 is 0 Å². The van der Waals surface area contributed by atoms with E-state index in [-0.39, 0.29) is 41.0 Å². The maximum absolute atomic E-state index is 14.2. The average Bonchev–Trinajstić information content (AvgIpc) is 3.36. The molecule has 12 heteroatoms.